The summed E-state index contributed by atoms with van der Waals surface area (Å²) in [7, 11) is 1.67. The fourth-order valence-corrected chi connectivity index (χ4v) is 4.12. The summed E-state index contributed by atoms with van der Waals surface area (Å²) >= 11 is 0. The summed E-state index contributed by atoms with van der Waals surface area (Å²) in [5.74, 6) is -1.61. The number of rotatable bonds is 2. The number of amides is 3. The summed E-state index contributed by atoms with van der Waals surface area (Å²) in [6.07, 6.45) is -0.336. The molecule has 0 spiro atoms. The number of carbonyl (C=O) groups excluding carboxylic acids is 4. The van der Waals surface area contributed by atoms with Crippen LogP contribution in [0.5, 0.6) is 0 Å². The zero-order chi connectivity index (χ0) is 19.0. The minimum atomic E-state index is -0.929. The Hall–Kier alpha value is -3.02. The molecule has 2 aromatic rings. The van der Waals surface area contributed by atoms with Crippen LogP contribution in [0.15, 0.2) is 24.3 Å². The monoisotopic (exact) mass is 350 g/mol. The maximum atomic E-state index is 13.2. The van der Waals surface area contributed by atoms with E-state index in [-0.39, 0.29) is 23.7 Å². The number of Topliss-reactive ketones (excluding diaryl/α,β-unsaturated/α-hetero) is 1. The van der Waals surface area contributed by atoms with Gasteiger partial charge in [0.05, 0.1) is 28.8 Å². The standard InChI is InChI=1S/C20H18N2O4/c1-10(23)8-14(24)22-19(26)16-12(20(22,2)3)9-11-6-5-7-13-15(11)17(16)18(25)21(13)4/h5-7,9H,8H2,1-4H3. The van der Waals surface area contributed by atoms with Gasteiger partial charge in [0, 0.05) is 12.4 Å². The molecule has 132 valence electrons. The van der Waals surface area contributed by atoms with Gasteiger partial charge in [-0.15, -0.1) is 0 Å². The Kier molecular flexibility index (Phi) is 3.16. The van der Waals surface area contributed by atoms with Crippen molar-refractivity contribution in [2.45, 2.75) is 32.7 Å². The lowest BCUT2D eigenvalue weighted by Gasteiger charge is -2.30. The van der Waals surface area contributed by atoms with Gasteiger partial charge in [0.2, 0.25) is 5.91 Å². The second kappa shape index (κ2) is 5.00. The molecule has 0 saturated heterocycles. The molecule has 0 aromatic heterocycles. The molecule has 0 fully saturated rings. The highest BCUT2D eigenvalue weighted by molar-refractivity contribution is 6.30. The van der Waals surface area contributed by atoms with E-state index in [9.17, 15) is 19.2 Å². The van der Waals surface area contributed by atoms with E-state index in [0.717, 1.165) is 21.4 Å². The normalized spacial score (nSPS) is 17.2. The quantitative estimate of drug-likeness (QED) is 0.781. The minimum Gasteiger partial charge on any atom is -0.311 e. The number of hydrogen-bond acceptors (Lipinski definition) is 4. The lowest BCUT2D eigenvalue weighted by Crippen LogP contribution is -2.44. The van der Waals surface area contributed by atoms with E-state index in [1.54, 1.807) is 20.9 Å². The highest BCUT2D eigenvalue weighted by atomic mass is 16.2. The summed E-state index contributed by atoms with van der Waals surface area (Å²) in [6.45, 7) is 4.85. The fraction of sp³-hybridized carbons (Fsp3) is 0.300. The molecule has 0 unspecified atom stereocenters. The second-order valence-electron chi connectivity index (χ2n) is 7.39. The van der Waals surface area contributed by atoms with Crippen LogP contribution in [0.2, 0.25) is 0 Å². The second-order valence-corrected chi connectivity index (χ2v) is 7.39. The minimum absolute atomic E-state index is 0.252. The van der Waals surface area contributed by atoms with Gasteiger partial charge in [0.15, 0.2) is 0 Å². The number of fused-ring (bicyclic) bond motifs is 2. The maximum Gasteiger partial charge on any atom is 0.262 e. The summed E-state index contributed by atoms with van der Waals surface area (Å²) in [5.41, 5.74) is 1.10. The molecule has 0 aliphatic carbocycles. The lowest BCUT2D eigenvalue weighted by molar-refractivity contribution is -0.135. The first kappa shape index (κ1) is 16.4. The summed E-state index contributed by atoms with van der Waals surface area (Å²) in [5, 5.41) is 1.60. The fourth-order valence-electron chi connectivity index (χ4n) is 4.12. The molecule has 6 heteroatoms. The van der Waals surface area contributed by atoms with Gasteiger partial charge in [-0.05, 0) is 43.9 Å². The molecule has 2 aromatic carbocycles. The molecule has 26 heavy (non-hydrogen) atoms. The van der Waals surface area contributed by atoms with Gasteiger partial charge in [-0.1, -0.05) is 12.1 Å². The number of anilines is 1. The molecule has 0 atom stereocenters. The molecule has 4 rings (SSSR count). The van der Waals surface area contributed by atoms with Crippen LogP contribution >= 0.6 is 0 Å². The topological polar surface area (TPSA) is 74.8 Å². The predicted molar refractivity (Wildman–Crippen MR) is 96.2 cm³/mol. The largest absolute Gasteiger partial charge is 0.311 e. The van der Waals surface area contributed by atoms with Crippen LogP contribution in [0.25, 0.3) is 10.8 Å². The van der Waals surface area contributed by atoms with E-state index < -0.39 is 17.4 Å². The van der Waals surface area contributed by atoms with E-state index in [0.29, 0.717) is 11.1 Å². The van der Waals surface area contributed by atoms with Crippen LogP contribution in [-0.2, 0) is 15.1 Å². The number of hydrogen-bond donors (Lipinski definition) is 0. The molecule has 0 radical (unpaired) electrons. The number of ketones is 1. The van der Waals surface area contributed by atoms with Gasteiger partial charge in [-0.25, -0.2) is 0 Å². The van der Waals surface area contributed by atoms with Crippen LogP contribution in [0.4, 0.5) is 5.69 Å². The van der Waals surface area contributed by atoms with E-state index in [1.807, 2.05) is 24.3 Å². The highest BCUT2D eigenvalue weighted by Crippen LogP contribution is 2.47. The Bertz CT molecular complexity index is 1050. The van der Waals surface area contributed by atoms with E-state index in [1.165, 1.54) is 11.8 Å². The van der Waals surface area contributed by atoms with Gasteiger partial charge in [0.25, 0.3) is 11.8 Å². The molecule has 0 N–H and O–H groups in total. The van der Waals surface area contributed by atoms with Crippen molar-refractivity contribution in [1.29, 1.82) is 0 Å². The zero-order valence-electron chi connectivity index (χ0n) is 15.0. The molecular formula is C20H18N2O4. The SMILES string of the molecule is CC(=O)CC(=O)N1C(=O)c2c(cc3cccc4c3c2C(=O)N4C)C1(C)C. The number of imide groups is 1. The van der Waals surface area contributed by atoms with E-state index in [2.05, 4.69) is 0 Å². The van der Waals surface area contributed by atoms with Gasteiger partial charge in [-0.2, -0.15) is 0 Å². The number of nitrogens with zero attached hydrogens (tertiary/aromatic N) is 2. The third kappa shape index (κ3) is 1.87. The third-order valence-electron chi connectivity index (χ3n) is 5.31. The third-order valence-corrected chi connectivity index (χ3v) is 5.31. The average Bonchev–Trinajstić information content (AvgIpc) is 2.91. The predicted octanol–water partition coefficient (Wildman–Crippen LogP) is 2.63. The van der Waals surface area contributed by atoms with Gasteiger partial charge < -0.3 is 4.90 Å². The van der Waals surface area contributed by atoms with Crippen LogP contribution in [0, 0.1) is 0 Å². The van der Waals surface area contributed by atoms with Crippen molar-refractivity contribution >= 4 is 40.0 Å². The molecule has 3 amide bonds. The number of carbonyl (C=O) groups is 4. The Balaban J connectivity index is 2.02. The Morgan fingerprint density at radius 3 is 2.42 bits per heavy atom. The Labute approximate surface area is 150 Å². The molecule has 2 aliphatic rings. The average molecular weight is 350 g/mol. The van der Waals surface area contributed by atoms with E-state index >= 15 is 0 Å². The molecule has 6 nitrogen and oxygen atoms in total. The van der Waals surface area contributed by atoms with Crippen LogP contribution in [0.3, 0.4) is 0 Å². The lowest BCUT2D eigenvalue weighted by atomic mass is 9.88. The first-order valence-electron chi connectivity index (χ1n) is 8.41. The van der Waals surface area contributed by atoms with Crippen LogP contribution in [-0.4, -0.2) is 35.5 Å². The Morgan fingerprint density at radius 1 is 1.08 bits per heavy atom. The van der Waals surface area contributed by atoms with Crippen molar-refractivity contribution in [3.8, 4) is 0 Å². The first-order chi connectivity index (χ1) is 12.2. The first-order valence-corrected chi connectivity index (χ1v) is 8.41. The van der Waals surface area contributed by atoms with Gasteiger partial charge in [-0.3, -0.25) is 24.1 Å². The van der Waals surface area contributed by atoms with Crippen molar-refractivity contribution in [2.24, 2.45) is 0 Å². The van der Waals surface area contributed by atoms with Crippen LogP contribution in [0.1, 0.15) is 53.5 Å². The van der Waals surface area contributed by atoms with Crippen molar-refractivity contribution in [1.82, 2.24) is 4.90 Å². The smallest absolute Gasteiger partial charge is 0.262 e. The molecular weight excluding hydrogens is 332 g/mol. The molecule has 2 aliphatic heterocycles. The summed E-state index contributed by atoms with van der Waals surface area (Å²) in [6, 6.07) is 7.48. The van der Waals surface area contributed by atoms with Crippen molar-refractivity contribution in [2.75, 3.05) is 11.9 Å². The number of benzene rings is 2. The van der Waals surface area contributed by atoms with Crippen molar-refractivity contribution < 1.29 is 19.2 Å². The van der Waals surface area contributed by atoms with Gasteiger partial charge in [0.1, 0.15) is 5.78 Å². The Morgan fingerprint density at radius 2 is 1.77 bits per heavy atom. The summed E-state index contributed by atoms with van der Waals surface area (Å²) < 4.78 is 0. The van der Waals surface area contributed by atoms with Crippen molar-refractivity contribution in [3.63, 3.8) is 0 Å². The van der Waals surface area contributed by atoms with E-state index in [4.69, 9.17) is 0 Å². The van der Waals surface area contributed by atoms with Gasteiger partial charge >= 0.3 is 0 Å². The molecule has 2 heterocycles. The summed E-state index contributed by atoms with van der Waals surface area (Å²) in [4.78, 5) is 52.7. The maximum absolute atomic E-state index is 13.2. The highest BCUT2D eigenvalue weighted by Gasteiger charge is 2.50. The molecule has 0 bridgehead atoms. The van der Waals surface area contributed by atoms with Crippen LogP contribution < -0.4 is 4.90 Å². The molecule has 0 saturated carbocycles. The van der Waals surface area contributed by atoms with Crippen molar-refractivity contribution in [3.05, 3.63) is 41.0 Å². The zero-order valence-corrected chi connectivity index (χ0v) is 15.0.